The molecular weight excluding hydrogens is 180 g/mol. The Balaban J connectivity index is 2.41. The first-order valence-electron chi connectivity index (χ1n) is 5.13. The van der Waals surface area contributed by atoms with Gasteiger partial charge in [0, 0.05) is 0 Å². The average Bonchev–Trinajstić information content (AvgIpc) is 2.27. The maximum Gasteiger partial charge on any atom is 0.128 e. The predicted octanol–water partition coefficient (Wildman–Crippen LogP) is 0.692. The van der Waals surface area contributed by atoms with Crippen molar-refractivity contribution >= 4 is 0 Å². The highest BCUT2D eigenvalue weighted by Gasteiger charge is 2.31. The van der Waals surface area contributed by atoms with Gasteiger partial charge >= 0.3 is 0 Å². The zero-order valence-corrected chi connectivity index (χ0v) is 8.41. The molecule has 1 aliphatic rings. The van der Waals surface area contributed by atoms with E-state index in [1.807, 2.05) is 0 Å². The van der Waals surface area contributed by atoms with Crippen molar-refractivity contribution in [2.75, 3.05) is 13.2 Å². The molecule has 0 aromatic rings. The van der Waals surface area contributed by atoms with E-state index < -0.39 is 11.7 Å². The van der Waals surface area contributed by atoms with Crippen LogP contribution in [0.25, 0.3) is 0 Å². The fraction of sp³-hybridized carbons (Fsp3) is 0.818. The summed E-state index contributed by atoms with van der Waals surface area (Å²) in [6, 6.07) is 0. The summed E-state index contributed by atoms with van der Waals surface area (Å²) in [4.78, 5) is 0. The van der Waals surface area contributed by atoms with Gasteiger partial charge < -0.3 is 14.9 Å². The zero-order valence-electron chi connectivity index (χ0n) is 8.41. The van der Waals surface area contributed by atoms with Crippen molar-refractivity contribution in [1.82, 2.24) is 0 Å². The third-order valence-corrected chi connectivity index (χ3v) is 2.69. The van der Waals surface area contributed by atoms with Crippen LogP contribution in [0.3, 0.4) is 0 Å². The van der Waals surface area contributed by atoms with Crippen LogP contribution in [0.4, 0.5) is 0 Å². The smallest absolute Gasteiger partial charge is 0.128 e. The predicted molar refractivity (Wildman–Crippen MR) is 53.7 cm³/mol. The van der Waals surface area contributed by atoms with Gasteiger partial charge in [-0.2, -0.15) is 0 Å². The Morgan fingerprint density at radius 3 is 2.50 bits per heavy atom. The molecule has 0 aliphatic heterocycles. The van der Waals surface area contributed by atoms with Crippen molar-refractivity contribution in [3.05, 3.63) is 0 Å². The van der Waals surface area contributed by atoms with Crippen LogP contribution in [0, 0.1) is 12.3 Å². The van der Waals surface area contributed by atoms with E-state index in [2.05, 4.69) is 5.92 Å². The topological polar surface area (TPSA) is 49.7 Å². The highest BCUT2D eigenvalue weighted by atomic mass is 16.5. The van der Waals surface area contributed by atoms with Gasteiger partial charge in [-0.1, -0.05) is 12.3 Å². The van der Waals surface area contributed by atoms with Crippen LogP contribution in [0.1, 0.15) is 32.1 Å². The Hall–Kier alpha value is -0.560. The van der Waals surface area contributed by atoms with E-state index >= 15 is 0 Å². The van der Waals surface area contributed by atoms with Crippen LogP contribution in [0.15, 0.2) is 0 Å². The van der Waals surface area contributed by atoms with Gasteiger partial charge in [-0.05, 0) is 25.7 Å². The van der Waals surface area contributed by atoms with Crippen molar-refractivity contribution in [1.29, 1.82) is 0 Å². The van der Waals surface area contributed by atoms with Gasteiger partial charge in [0.2, 0.25) is 0 Å². The third-order valence-electron chi connectivity index (χ3n) is 2.69. The first-order chi connectivity index (χ1) is 6.72. The van der Waals surface area contributed by atoms with Gasteiger partial charge in [0.05, 0.1) is 13.2 Å². The average molecular weight is 198 g/mol. The molecule has 1 saturated carbocycles. The maximum absolute atomic E-state index is 9.15. The second-order valence-corrected chi connectivity index (χ2v) is 3.85. The lowest BCUT2D eigenvalue weighted by Crippen LogP contribution is -2.36. The Bertz CT molecular complexity index is 201. The Morgan fingerprint density at radius 2 is 2.00 bits per heavy atom. The van der Waals surface area contributed by atoms with Gasteiger partial charge in [-0.25, -0.2) is 0 Å². The maximum atomic E-state index is 9.15. The normalized spacial score (nSPS) is 22.6. The molecule has 3 nitrogen and oxygen atoms in total. The van der Waals surface area contributed by atoms with E-state index in [9.17, 15) is 0 Å². The van der Waals surface area contributed by atoms with E-state index in [1.165, 1.54) is 6.42 Å². The number of terminal acetylenes is 1. The van der Waals surface area contributed by atoms with E-state index in [-0.39, 0.29) is 13.2 Å². The second-order valence-electron chi connectivity index (χ2n) is 3.85. The molecule has 1 aliphatic carbocycles. The summed E-state index contributed by atoms with van der Waals surface area (Å²) in [5.41, 5.74) is -0.492. The summed E-state index contributed by atoms with van der Waals surface area (Å²) >= 11 is 0. The highest BCUT2D eigenvalue weighted by Crippen LogP contribution is 2.30. The van der Waals surface area contributed by atoms with E-state index in [4.69, 9.17) is 21.4 Å². The third kappa shape index (κ3) is 2.98. The zero-order chi connectivity index (χ0) is 10.4. The molecule has 1 rings (SSSR count). The quantitative estimate of drug-likeness (QED) is 0.653. The minimum atomic E-state index is -0.817. The number of rotatable bonds is 4. The molecule has 0 bridgehead atoms. The molecule has 0 radical (unpaired) electrons. The van der Waals surface area contributed by atoms with Gasteiger partial charge in [0.25, 0.3) is 0 Å². The van der Waals surface area contributed by atoms with Gasteiger partial charge in [-0.15, -0.1) is 6.42 Å². The molecule has 1 fully saturated rings. The largest absolute Gasteiger partial charge is 0.394 e. The fourth-order valence-electron chi connectivity index (χ4n) is 1.76. The van der Waals surface area contributed by atoms with E-state index in [0.717, 1.165) is 25.7 Å². The van der Waals surface area contributed by atoms with Crippen LogP contribution in [0.5, 0.6) is 0 Å². The van der Waals surface area contributed by atoms with Crippen molar-refractivity contribution in [2.24, 2.45) is 0 Å². The summed E-state index contributed by atoms with van der Waals surface area (Å²) in [5, 5.41) is 17.8. The van der Waals surface area contributed by atoms with Crippen molar-refractivity contribution in [3.8, 4) is 12.3 Å². The summed E-state index contributed by atoms with van der Waals surface area (Å²) in [6.07, 6.45) is 9.72. The molecule has 0 amide bonds. The minimum absolute atomic E-state index is 0.126. The lowest BCUT2D eigenvalue weighted by Gasteiger charge is -2.33. The Kier molecular flexibility index (Phi) is 4.40. The van der Waals surface area contributed by atoms with Crippen molar-refractivity contribution in [3.63, 3.8) is 0 Å². The monoisotopic (exact) mass is 198 g/mol. The van der Waals surface area contributed by atoms with Gasteiger partial charge in [0.15, 0.2) is 0 Å². The second kappa shape index (κ2) is 5.35. The summed E-state index contributed by atoms with van der Waals surface area (Å²) in [6.45, 7) is -0.151. The molecule has 0 saturated heterocycles. The van der Waals surface area contributed by atoms with Crippen LogP contribution < -0.4 is 0 Å². The van der Waals surface area contributed by atoms with Gasteiger partial charge in [0.1, 0.15) is 11.7 Å². The molecule has 1 atom stereocenters. The number of ether oxygens (including phenoxy) is 1. The molecule has 0 aromatic carbocycles. The summed E-state index contributed by atoms with van der Waals surface area (Å²) in [7, 11) is 0. The molecule has 0 spiro atoms. The molecule has 80 valence electrons. The van der Waals surface area contributed by atoms with E-state index in [1.54, 1.807) is 0 Å². The lowest BCUT2D eigenvalue weighted by atomic mass is 9.85. The molecule has 0 aromatic heterocycles. The van der Waals surface area contributed by atoms with Crippen molar-refractivity contribution in [2.45, 2.75) is 43.8 Å². The minimum Gasteiger partial charge on any atom is -0.394 e. The first kappa shape index (κ1) is 11.5. The first-order valence-corrected chi connectivity index (χ1v) is 5.13. The Morgan fingerprint density at radius 1 is 1.36 bits per heavy atom. The molecule has 0 unspecified atom stereocenters. The van der Waals surface area contributed by atoms with Crippen LogP contribution in [0.2, 0.25) is 0 Å². The van der Waals surface area contributed by atoms with E-state index in [0.29, 0.717) is 0 Å². The number of hydrogen-bond acceptors (Lipinski definition) is 3. The van der Waals surface area contributed by atoms with Gasteiger partial charge in [-0.3, -0.25) is 0 Å². The van der Waals surface area contributed by atoms with Crippen molar-refractivity contribution < 1.29 is 14.9 Å². The number of aliphatic hydroxyl groups excluding tert-OH is 2. The highest BCUT2D eigenvalue weighted by molar-refractivity contribution is 5.09. The standard InChI is InChI=1S/C11H18O3/c1-2-11(6-4-3-5-7-11)14-9-10(13)8-12/h1,10,12-13H,3-9H2/t10-/m1/s1. The number of hydrogen-bond donors (Lipinski definition) is 2. The molecule has 0 heterocycles. The van der Waals surface area contributed by atoms with Crippen LogP contribution in [-0.4, -0.2) is 35.1 Å². The Labute approximate surface area is 85.1 Å². The molecule has 2 N–H and O–H groups in total. The SMILES string of the molecule is C#CC1(OC[C@H](O)CO)CCCCC1. The molecule has 14 heavy (non-hydrogen) atoms. The summed E-state index contributed by atoms with van der Waals surface area (Å²) in [5.74, 6) is 2.68. The van der Waals surface area contributed by atoms with Crippen LogP contribution in [-0.2, 0) is 4.74 Å². The lowest BCUT2D eigenvalue weighted by molar-refractivity contribution is -0.0740. The van der Waals surface area contributed by atoms with Crippen LogP contribution >= 0.6 is 0 Å². The number of aliphatic hydroxyl groups is 2. The summed E-state index contributed by atoms with van der Waals surface area (Å²) < 4.78 is 5.53. The molecule has 3 heteroatoms. The fourth-order valence-corrected chi connectivity index (χ4v) is 1.76. The molecular formula is C11H18O3.